The number of nitrogens with zero attached hydrogens (tertiary/aromatic N) is 3. The van der Waals surface area contributed by atoms with Gasteiger partial charge in [0.05, 0.1) is 11.7 Å². The Labute approximate surface area is 160 Å². The number of hydrogen-bond donors (Lipinski definition) is 0. The topological polar surface area (TPSA) is 59.2 Å². The Hall–Kier alpha value is -3.30. The number of halogens is 5. The van der Waals surface area contributed by atoms with Crippen molar-refractivity contribution in [3.63, 3.8) is 0 Å². The molecule has 1 atom stereocenters. The van der Waals surface area contributed by atoms with E-state index in [1.165, 1.54) is 30.3 Å². The number of carbonyl (C=O) groups excluding carboxylic acids is 1. The lowest BCUT2D eigenvalue weighted by molar-refractivity contribution is -0.159. The summed E-state index contributed by atoms with van der Waals surface area (Å²) in [5.41, 5.74) is 0.0958. The Kier molecular flexibility index (Phi) is 4.56. The van der Waals surface area contributed by atoms with E-state index in [4.69, 9.17) is 0 Å². The minimum atomic E-state index is -4.82. The van der Waals surface area contributed by atoms with Crippen molar-refractivity contribution in [2.75, 3.05) is 4.90 Å². The molecule has 0 spiro atoms. The average Bonchev–Trinajstić information content (AvgIpc) is 3.29. The van der Waals surface area contributed by atoms with Crippen molar-refractivity contribution in [3.05, 3.63) is 65.6 Å². The lowest BCUT2D eigenvalue weighted by Crippen LogP contribution is -2.28. The number of anilines is 1. The van der Waals surface area contributed by atoms with Crippen LogP contribution in [0.5, 0.6) is 0 Å². The summed E-state index contributed by atoms with van der Waals surface area (Å²) in [6.45, 7) is 0. The normalized spacial score (nSPS) is 17.2. The molecule has 0 bridgehead atoms. The molecule has 0 aliphatic carbocycles. The Morgan fingerprint density at radius 3 is 2.48 bits per heavy atom. The first-order valence-electron chi connectivity index (χ1n) is 8.53. The van der Waals surface area contributed by atoms with Gasteiger partial charge in [0, 0.05) is 17.5 Å². The molecule has 5 nitrogen and oxygen atoms in total. The zero-order valence-corrected chi connectivity index (χ0v) is 14.6. The van der Waals surface area contributed by atoms with Crippen molar-refractivity contribution < 1.29 is 31.3 Å². The van der Waals surface area contributed by atoms with Crippen molar-refractivity contribution in [2.45, 2.75) is 25.1 Å². The highest BCUT2D eigenvalue weighted by molar-refractivity contribution is 5.96. The fourth-order valence-corrected chi connectivity index (χ4v) is 3.32. The third kappa shape index (κ3) is 3.45. The van der Waals surface area contributed by atoms with Crippen LogP contribution in [0.2, 0.25) is 0 Å². The summed E-state index contributed by atoms with van der Waals surface area (Å²) in [5, 5.41) is 3.21. The van der Waals surface area contributed by atoms with Gasteiger partial charge < -0.3 is 9.42 Å². The smallest absolute Gasteiger partial charge is 0.329 e. The monoisotopic (exact) mass is 409 g/mol. The van der Waals surface area contributed by atoms with Crippen molar-refractivity contribution in [3.8, 4) is 11.4 Å². The van der Waals surface area contributed by atoms with Crippen LogP contribution in [-0.4, -0.2) is 16.0 Å². The standard InChI is InChI=1S/C19H12F5N3O2/c20-12-4-2-1-3-11(12)14-7-8-16(28)27(14)15-6-5-10(9-13(15)21)17-25-18(29-26-17)19(22,23)24/h1-6,9,14H,7-8H2. The average molecular weight is 409 g/mol. The lowest BCUT2D eigenvalue weighted by Gasteiger charge is -2.26. The molecule has 29 heavy (non-hydrogen) atoms. The molecule has 3 aromatic rings. The second-order valence-corrected chi connectivity index (χ2v) is 6.43. The van der Waals surface area contributed by atoms with Crippen LogP contribution in [0.15, 0.2) is 47.0 Å². The summed E-state index contributed by atoms with van der Waals surface area (Å²) in [6.07, 6.45) is -4.40. The number of amides is 1. The molecule has 1 unspecified atom stereocenters. The van der Waals surface area contributed by atoms with Crippen molar-refractivity contribution in [1.82, 2.24) is 10.1 Å². The molecule has 2 heterocycles. The summed E-state index contributed by atoms with van der Waals surface area (Å²) in [5.74, 6) is -3.77. The van der Waals surface area contributed by atoms with Crippen LogP contribution < -0.4 is 4.90 Å². The van der Waals surface area contributed by atoms with Gasteiger partial charge in [-0.05, 0) is 30.7 Å². The van der Waals surface area contributed by atoms with Gasteiger partial charge in [0.1, 0.15) is 11.6 Å². The Bertz CT molecular complexity index is 1080. The van der Waals surface area contributed by atoms with Gasteiger partial charge >= 0.3 is 12.1 Å². The van der Waals surface area contributed by atoms with E-state index in [2.05, 4.69) is 14.7 Å². The van der Waals surface area contributed by atoms with Crippen molar-refractivity contribution in [1.29, 1.82) is 0 Å². The minimum Gasteiger partial charge on any atom is -0.329 e. The van der Waals surface area contributed by atoms with Crippen LogP contribution in [0, 0.1) is 11.6 Å². The molecule has 1 saturated heterocycles. The summed E-state index contributed by atoms with van der Waals surface area (Å²) < 4.78 is 70.9. The van der Waals surface area contributed by atoms with Gasteiger partial charge in [0.2, 0.25) is 11.7 Å². The van der Waals surface area contributed by atoms with E-state index in [-0.39, 0.29) is 29.1 Å². The lowest BCUT2D eigenvalue weighted by atomic mass is 10.0. The maximum atomic E-state index is 14.8. The first kappa shape index (κ1) is 19.0. The molecule has 0 radical (unpaired) electrons. The van der Waals surface area contributed by atoms with E-state index in [1.54, 1.807) is 6.07 Å². The molecule has 1 aromatic heterocycles. The van der Waals surface area contributed by atoms with E-state index in [0.29, 0.717) is 6.42 Å². The zero-order valence-electron chi connectivity index (χ0n) is 14.6. The molecule has 10 heteroatoms. The van der Waals surface area contributed by atoms with Gasteiger partial charge in [0.15, 0.2) is 0 Å². The summed E-state index contributed by atoms with van der Waals surface area (Å²) in [4.78, 5) is 16.7. The fourth-order valence-electron chi connectivity index (χ4n) is 3.32. The quantitative estimate of drug-likeness (QED) is 0.578. The third-order valence-corrected chi connectivity index (χ3v) is 4.61. The Morgan fingerprint density at radius 1 is 1.07 bits per heavy atom. The zero-order chi connectivity index (χ0) is 20.8. The van der Waals surface area contributed by atoms with E-state index >= 15 is 0 Å². The van der Waals surface area contributed by atoms with Gasteiger partial charge in [-0.25, -0.2) is 8.78 Å². The molecule has 1 fully saturated rings. The minimum absolute atomic E-state index is 0.0559. The SMILES string of the molecule is O=C1CCC(c2ccccc2F)N1c1ccc(-c2noc(C(F)(F)F)n2)cc1F. The summed E-state index contributed by atoms with van der Waals surface area (Å²) in [7, 11) is 0. The Morgan fingerprint density at radius 2 is 1.83 bits per heavy atom. The molecule has 0 saturated carbocycles. The number of benzene rings is 2. The van der Waals surface area contributed by atoms with Crippen LogP contribution in [0.4, 0.5) is 27.6 Å². The fraction of sp³-hybridized carbons (Fsp3) is 0.211. The van der Waals surface area contributed by atoms with Crippen LogP contribution in [0.3, 0.4) is 0 Å². The van der Waals surface area contributed by atoms with E-state index < -0.39 is 35.6 Å². The Balaban J connectivity index is 1.69. The second-order valence-electron chi connectivity index (χ2n) is 6.43. The maximum Gasteiger partial charge on any atom is 0.471 e. The predicted octanol–water partition coefficient (Wildman–Crippen LogP) is 4.90. The first-order valence-corrected chi connectivity index (χ1v) is 8.53. The van der Waals surface area contributed by atoms with Crippen LogP contribution >= 0.6 is 0 Å². The van der Waals surface area contributed by atoms with Gasteiger partial charge in [-0.15, -0.1) is 0 Å². The maximum absolute atomic E-state index is 14.8. The number of rotatable bonds is 3. The second kappa shape index (κ2) is 6.94. The van der Waals surface area contributed by atoms with E-state index in [1.807, 2.05) is 0 Å². The van der Waals surface area contributed by atoms with Crippen LogP contribution in [-0.2, 0) is 11.0 Å². The molecule has 2 aromatic carbocycles. The number of hydrogen-bond acceptors (Lipinski definition) is 4. The molecule has 1 aliphatic heterocycles. The van der Waals surface area contributed by atoms with Gasteiger partial charge in [0.25, 0.3) is 0 Å². The van der Waals surface area contributed by atoms with Gasteiger partial charge in [-0.2, -0.15) is 18.2 Å². The molecular formula is C19H12F5N3O2. The van der Waals surface area contributed by atoms with E-state index in [0.717, 1.165) is 11.0 Å². The highest BCUT2D eigenvalue weighted by atomic mass is 19.4. The van der Waals surface area contributed by atoms with Crippen molar-refractivity contribution >= 4 is 11.6 Å². The molecule has 150 valence electrons. The van der Waals surface area contributed by atoms with Gasteiger partial charge in [-0.1, -0.05) is 23.4 Å². The largest absolute Gasteiger partial charge is 0.471 e. The summed E-state index contributed by atoms with van der Waals surface area (Å²) in [6, 6.07) is 8.62. The van der Waals surface area contributed by atoms with Crippen LogP contribution in [0.25, 0.3) is 11.4 Å². The van der Waals surface area contributed by atoms with Crippen molar-refractivity contribution in [2.24, 2.45) is 0 Å². The predicted molar refractivity (Wildman–Crippen MR) is 90.6 cm³/mol. The molecular weight excluding hydrogens is 397 g/mol. The first-order chi connectivity index (χ1) is 13.8. The number of carbonyl (C=O) groups is 1. The number of aromatic nitrogens is 2. The molecule has 1 aliphatic rings. The van der Waals surface area contributed by atoms with E-state index in [9.17, 15) is 26.7 Å². The molecule has 0 N–H and O–H groups in total. The molecule has 1 amide bonds. The summed E-state index contributed by atoms with van der Waals surface area (Å²) >= 11 is 0. The number of alkyl halides is 3. The highest BCUT2D eigenvalue weighted by Crippen LogP contribution is 2.40. The van der Waals surface area contributed by atoms with Gasteiger partial charge in [-0.3, -0.25) is 4.79 Å². The van der Waals surface area contributed by atoms with Crippen LogP contribution in [0.1, 0.15) is 30.3 Å². The molecule has 4 rings (SSSR count). The highest BCUT2D eigenvalue weighted by Gasteiger charge is 2.39. The third-order valence-electron chi connectivity index (χ3n) is 4.61.